The van der Waals surface area contributed by atoms with E-state index < -0.39 is 0 Å². The zero-order chi connectivity index (χ0) is 8.10. The van der Waals surface area contributed by atoms with Gasteiger partial charge in [-0.15, -0.1) is 0 Å². The van der Waals surface area contributed by atoms with Gasteiger partial charge in [0.1, 0.15) is 0 Å². The molecule has 0 aliphatic rings. The summed E-state index contributed by atoms with van der Waals surface area (Å²) < 4.78 is 5.03. The molecule has 1 heteroatoms. The minimum atomic E-state index is 1.10. The highest BCUT2D eigenvalue weighted by molar-refractivity contribution is 5.19. The Hall–Kier alpha value is -0.720. The topological polar surface area (TPSA) is 13.1 Å². The van der Waals surface area contributed by atoms with Crippen molar-refractivity contribution in [3.8, 4) is 0 Å². The molecule has 1 aromatic rings. The minimum absolute atomic E-state index is 1.10. The summed E-state index contributed by atoms with van der Waals surface area (Å²) in [5.74, 6) is 0. The van der Waals surface area contributed by atoms with Gasteiger partial charge in [0.2, 0.25) is 0 Å². The van der Waals surface area contributed by atoms with E-state index in [1.54, 1.807) is 0 Å². The van der Waals surface area contributed by atoms with Gasteiger partial charge in [-0.05, 0) is 18.4 Å². The van der Waals surface area contributed by atoms with Gasteiger partial charge in [0.05, 0.1) is 6.26 Å². The lowest BCUT2D eigenvalue weighted by Gasteiger charge is -1.96. The first-order valence-corrected chi connectivity index (χ1v) is 4.35. The molecule has 0 N–H and O–H groups in total. The van der Waals surface area contributed by atoms with Crippen molar-refractivity contribution < 1.29 is 4.42 Å². The zero-order valence-corrected chi connectivity index (χ0v) is 7.31. The quantitative estimate of drug-likeness (QED) is 0.644. The van der Waals surface area contributed by atoms with Crippen LogP contribution in [0, 0.1) is 6.26 Å². The molecule has 0 aliphatic carbocycles. The molecule has 1 nitrogen and oxygen atoms in total. The van der Waals surface area contributed by atoms with Crippen molar-refractivity contribution in [1.29, 1.82) is 0 Å². The highest BCUT2D eigenvalue weighted by Gasteiger charge is 2.02. The van der Waals surface area contributed by atoms with Crippen LogP contribution in [-0.2, 0) is 12.8 Å². The van der Waals surface area contributed by atoms with Crippen molar-refractivity contribution >= 4 is 0 Å². The third kappa shape index (κ3) is 2.11. The molecule has 0 amide bonds. The van der Waals surface area contributed by atoms with E-state index in [-0.39, 0.29) is 0 Å². The largest absolute Gasteiger partial charge is 0.460 e. The summed E-state index contributed by atoms with van der Waals surface area (Å²) in [6.45, 7) is 4.36. The Morgan fingerprint density at radius 2 is 2.00 bits per heavy atom. The summed E-state index contributed by atoms with van der Waals surface area (Å²) in [6.07, 6.45) is 9.33. The summed E-state index contributed by atoms with van der Waals surface area (Å²) >= 11 is 0. The molecular formula is C10H15O. The summed E-state index contributed by atoms with van der Waals surface area (Å²) in [5.41, 5.74) is 2.61. The van der Waals surface area contributed by atoms with Crippen LogP contribution in [0.25, 0.3) is 0 Å². The zero-order valence-electron chi connectivity index (χ0n) is 7.31. The van der Waals surface area contributed by atoms with Gasteiger partial charge in [-0.1, -0.05) is 26.7 Å². The Labute approximate surface area is 68.4 Å². The van der Waals surface area contributed by atoms with Gasteiger partial charge in [-0.2, -0.15) is 0 Å². The fourth-order valence-corrected chi connectivity index (χ4v) is 1.25. The second-order valence-corrected chi connectivity index (χ2v) is 2.84. The van der Waals surface area contributed by atoms with Gasteiger partial charge in [0.15, 0.2) is 6.26 Å². The lowest BCUT2D eigenvalue weighted by molar-refractivity contribution is 0.551. The average Bonchev–Trinajstić information content (AvgIpc) is 2.39. The third-order valence-corrected chi connectivity index (χ3v) is 1.79. The first kappa shape index (κ1) is 8.38. The van der Waals surface area contributed by atoms with E-state index in [1.807, 2.05) is 6.26 Å². The van der Waals surface area contributed by atoms with E-state index in [1.165, 1.54) is 24.0 Å². The lowest BCUT2D eigenvalue weighted by atomic mass is 10.1. The van der Waals surface area contributed by atoms with Crippen LogP contribution in [0.3, 0.4) is 0 Å². The van der Waals surface area contributed by atoms with Crippen LogP contribution in [0.4, 0.5) is 0 Å². The molecule has 0 spiro atoms. The number of furan rings is 1. The van der Waals surface area contributed by atoms with Crippen molar-refractivity contribution in [3.63, 3.8) is 0 Å². The highest BCUT2D eigenvalue weighted by Crippen LogP contribution is 2.13. The summed E-state index contributed by atoms with van der Waals surface area (Å²) in [6, 6.07) is 0. The van der Waals surface area contributed by atoms with Gasteiger partial charge >= 0.3 is 0 Å². The molecule has 0 fully saturated rings. The molecule has 0 unspecified atom stereocenters. The van der Waals surface area contributed by atoms with E-state index in [0.29, 0.717) is 0 Å². The first-order chi connectivity index (χ1) is 5.38. The van der Waals surface area contributed by atoms with Crippen molar-refractivity contribution in [1.82, 2.24) is 0 Å². The van der Waals surface area contributed by atoms with Gasteiger partial charge in [-0.25, -0.2) is 0 Å². The minimum Gasteiger partial charge on any atom is -0.460 e. The number of rotatable bonds is 4. The van der Waals surface area contributed by atoms with Crippen LogP contribution in [0.1, 0.15) is 37.8 Å². The van der Waals surface area contributed by atoms with Gasteiger partial charge in [0, 0.05) is 5.56 Å². The molecule has 0 aliphatic heterocycles. The van der Waals surface area contributed by atoms with Crippen LogP contribution >= 0.6 is 0 Å². The maximum absolute atomic E-state index is 5.03. The predicted molar refractivity (Wildman–Crippen MR) is 45.5 cm³/mol. The maximum Gasteiger partial charge on any atom is 0.172 e. The molecular weight excluding hydrogens is 136 g/mol. The van der Waals surface area contributed by atoms with Crippen molar-refractivity contribution in [2.75, 3.05) is 0 Å². The Bertz CT molecular complexity index is 180. The summed E-state index contributed by atoms with van der Waals surface area (Å²) in [4.78, 5) is 0. The molecule has 1 rings (SSSR count). The maximum atomic E-state index is 5.03. The normalized spacial score (nSPS) is 10.4. The summed E-state index contributed by atoms with van der Waals surface area (Å²) in [5, 5.41) is 0. The average molecular weight is 151 g/mol. The van der Waals surface area contributed by atoms with E-state index in [9.17, 15) is 0 Å². The van der Waals surface area contributed by atoms with Gasteiger partial charge < -0.3 is 4.42 Å². The molecule has 11 heavy (non-hydrogen) atoms. The van der Waals surface area contributed by atoms with E-state index in [4.69, 9.17) is 4.42 Å². The molecule has 0 bridgehead atoms. The van der Waals surface area contributed by atoms with E-state index in [0.717, 1.165) is 12.8 Å². The van der Waals surface area contributed by atoms with Crippen LogP contribution in [0.15, 0.2) is 10.7 Å². The molecule has 61 valence electrons. The molecule has 1 heterocycles. The van der Waals surface area contributed by atoms with Gasteiger partial charge in [0.25, 0.3) is 0 Å². The Balaban J connectivity index is 2.62. The molecule has 0 saturated heterocycles. The fraction of sp³-hybridized carbons (Fsp3) is 0.600. The lowest BCUT2D eigenvalue weighted by Crippen LogP contribution is -1.87. The predicted octanol–water partition coefficient (Wildman–Crippen LogP) is 2.98. The van der Waals surface area contributed by atoms with Crippen LogP contribution < -0.4 is 0 Å². The SMILES string of the molecule is CCCc1[c]occ1CCC. The Morgan fingerprint density at radius 3 is 2.64 bits per heavy atom. The standard InChI is InChI=1S/C10H15O/c1-3-5-9-7-11-8-10(9)6-4-2/h7H,3-6H2,1-2H3. The molecule has 0 saturated carbocycles. The smallest absolute Gasteiger partial charge is 0.172 e. The van der Waals surface area contributed by atoms with E-state index in [2.05, 4.69) is 20.1 Å². The van der Waals surface area contributed by atoms with Crippen LogP contribution in [0.2, 0.25) is 0 Å². The Morgan fingerprint density at radius 1 is 1.27 bits per heavy atom. The summed E-state index contributed by atoms with van der Waals surface area (Å²) in [7, 11) is 0. The molecule has 1 aromatic heterocycles. The fourth-order valence-electron chi connectivity index (χ4n) is 1.25. The van der Waals surface area contributed by atoms with Crippen molar-refractivity contribution in [2.45, 2.75) is 39.5 Å². The first-order valence-electron chi connectivity index (χ1n) is 4.35. The van der Waals surface area contributed by atoms with E-state index >= 15 is 0 Å². The molecule has 1 radical (unpaired) electrons. The monoisotopic (exact) mass is 151 g/mol. The van der Waals surface area contributed by atoms with Crippen LogP contribution in [-0.4, -0.2) is 0 Å². The number of hydrogen-bond acceptors (Lipinski definition) is 1. The second-order valence-electron chi connectivity index (χ2n) is 2.84. The number of hydrogen-bond donors (Lipinski definition) is 0. The molecule has 0 atom stereocenters. The third-order valence-electron chi connectivity index (χ3n) is 1.79. The molecule has 0 aromatic carbocycles. The highest BCUT2D eigenvalue weighted by atomic mass is 16.3. The van der Waals surface area contributed by atoms with Crippen LogP contribution in [0.5, 0.6) is 0 Å². The second kappa shape index (κ2) is 4.22. The van der Waals surface area contributed by atoms with Crippen molar-refractivity contribution in [2.24, 2.45) is 0 Å². The van der Waals surface area contributed by atoms with Gasteiger partial charge in [-0.3, -0.25) is 0 Å². The number of aryl methyl sites for hydroxylation is 2. The van der Waals surface area contributed by atoms with Crippen molar-refractivity contribution in [3.05, 3.63) is 23.7 Å². The Kier molecular flexibility index (Phi) is 3.21.